The van der Waals surface area contributed by atoms with E-state index in [1.165, 1.54) is 31.4 Å². The Balaban J connectivity index is 3.27. The Labute approximate surface area is 101 Å². The van der Waals surface area contributed by atoms with Crippen molar-refractivity contribution in [3.8, 4) is 0 Å². The van der Waals surface area contributed by atoms with Crippen molar-refractivity contribution < 1.29 is 0 Å². The highest BCUT2D eigenvalue weighted by atomic mass is 32.2. The molecule has 0 spiro atoms. The Bertz CT molecular complexity index is 140. The summed E-state index contributed by atoms with van der Waals surface area (Å²) in [5.41, 5.74) is 0. The molecule has 0 aromatic rings. The Morgan fingerprint density at radius 3 is 2.40 bits per heavy atom. The third kappa shape index (κ3) is 12.2. The molecule has 1 N–H and O–H groups in total. The molecule has 92 valence electrons. The van der Waals surface area contributed by atoms with E-state index in [4.69, 9.17) is 0 Å². The maximum Gasteiger partial charge on any atom is 0.00755 e. The predicted molar refractivity (Wildman–Crippen MR) is 73.8 cm³/mol. The van der Waals surface area contributed by atoms with E-state index < -0.39 is 0 Å². The van der Waals surface area contributed by atoms with Gasteiger partial charge in [-0.2, -0.15) is 11.8 Å². The standard InChI is InChI=1S/C13H29NS/c1-6-7-8-9-12(2)14-10-11-15-13(3,4)5/h12,14H,6-11H2,1-5H3. The SMILES string of the molecule is CCCCCC(C)NCCSC(C)(C)C. The summed E-state index contributed by atoms with van der Waals surface area (Å²) in [5, 5.41) is 3.59. The maximum atomic E-state index is 3.59. The number of nitrogens with one attached hydrogen (secondary N) is 1. The second kappa shape index (κ2) is 8.46. The Morgan fingerprint density at radius 2 is 1.87 bits per heavy atom. The van der Waals surface area contributed by atoms with Crippen LogP contribution < -0.4 is 5.32 Å². The van der Waals surface area contributed by atoms with Crippen molar-refractivity contribution in [2.45, 2.75) is 71.1 Å². The van der Waals surface area contributed by atoms with Gasteiger partial charge in [-0.3, -0.25) is 0 Å². The molecule has 0 amide bonds. The van der Waals surface area contributed by atoms with Gasteiger partial charge in [-0.05, 0) is 13.3 Å². The largest absolute Gasteiger partial charge is 0.313 e. The monoisotopic (exact) mass is 231 g/mol. The fourth-order valence-electron chi connectivity index (χ4n) is 1.47. The van der Waals surface area contributed by atoms with Crippen LogP contribution in [0.15, 0.2) is 0 Å². The lowest BCUT2D eigenvalue weighted by Crippen LogP contribution is -2.29. The topological polar surface area (TPSA) is 12.0 Å². The predicted octanol–water partition coefficient (Wildman–Crippen LogP) is 4.08. The van der Waals surface area contributed by atoms with Gasteiger partial charge in [0.2, 0.25) is 0 Å². The second-order valence-corrected chi connectivity index (χ2v) is 7.23. The van der Waals surface area contributed by atoms with Crippen LogP contribution in [0.2, 0.25) is 0 Å². The lowest BCUT2D eigenvalue weighted by atomic mass is 10.1. The van der Waals surface area contributed by atoms with Crippen LogP contribution in [-0.2, 0) is 0 Å². The fraction of sp³-hybridized carbons (Fsp3) is 1.00. The quantitative estimate of drug-likeness (QED) is 0.632. The molecule has 0 fully saturated rings. The van der Waals surface area contributed by atoms with Gasteiger partial charge in [0, 0.05) is 23.1 Å². The van der Waals surface area contributed by atoms with E-state index in [1.807, 2.05) is 11.8 Å². The number of thioether (sulfide) groups is 1. The normalized spacial score (nSPS) is 14.2. The molecule has 1 nitrogen and oxygen atoms in total. The molecule has 0 aromatic carbocycles. The van der Waals surface area contributed by atoms with Crippen LogP contribution in [0.5, 0.6) is 0 Å². The van der Waals surface area contributed by atoms with E-state index in [0.717, 1.165) is 6.54 Å². The molecule has 1 atom stereocenters. The lowest BCUT2D eigenvalue weighted by Gasteiger charge is -2.19. The van der Waals surface area contributed by atoms with E-state index in [9.17, 15) is 0 Å². The molecule has 0 aromatic heterocycles. The van der Waals surface area contributed by atoms with E-state index in [-0.39, 0.29) is 0 Å². The van der Waals surface area contributed by atoms with Gasteiger partial charge < -0.3 is 5.32 Å². The summed E-state index contributed by atoms with van der Waals surface area (Å²) < 4.78 is 0.410. The summed E-state index contributed by atoms with van der Waals surface area (Å²) in [4.78, 5) is 0. The Hall–Kier alpha value is 0.310. The van der Waals surface area contributed by atoms with Crippen LogP contribution >= 0.6 is 11.8 Å². The molecule has 1 unspecified atom stereocenters. The highest BCUT2D eigenvalue weighted by molar-refractivity contribution is 8.00. The molecule has 0 saturated carbocycles. The highest BCUT2D eigenvalue weighted by Gasteiger charge is 2.09. The van der Waals surface area contributed by atoms with Gasteiger partial charge in [-0.1, -0.05) is 47.0 Å². The smallest absolute Gasteiger partial charge is 0.00755 e. The summed E-state index contributed by atoms with van der Waals surface area (Å²) in [6.45, 7) is 12.6. The zero-order valence-corrected chi connectivity index (χ0v) is 12.0. The van der Waals surface area contributed by atoms with Crippen LogP contribution in [0.1, 0.15) is 60.3 Å². The van der Waals surface area contributed by atoms with Crippen LogP contribution in [-0.4, -0.2) is 23.1 Å². The number of hydrogen-bond acceptors (Lipinski definition) is 2. The van der Waals surface area contributed by atoms with E-state index in [0.29, 0.717) is 10.8 Å². The minimum absolute atomic E-state index is 0.410. The molecule has 0 aliphatic carbocycles. The molecule has 0 rings (SSSR count). The molecule has 2 heteroatoms. The molecule has 0 radical (unpaired) electrons. The van der Waals surface area contributed by atoms with Crippen molar-refractivity contribution in [1.29, 1.82) is 0 Å². The second-order valence-electron chi connectivity index (χ2n) is 5.31. The number of unbranched alkanes of at least 4 members (excludes halogenated alkanes) is 2. The Kier molecular flexibility index (Phi) is 8.64. The molecule has 0 saturated heterocycles. The van der Waals surface area contributed by atoms with Crippen LogP contribution in [0.3, 0.4) is 0 Å². The summed E-state index contributed by atoms with van der Waals surface area (Å²) in [6.07, 6.45) is 5.40. The van der Waals surface area contributed by atoms with E-state index >= 15 is 0 Å². The number of hydrogen-bond donors (Lipinski definition) is 1. The summed E-state index contributed by atoms with van der Waals surface area (Å²) in [5.74, 6) is 1.22. The zero-order valence-electron chi connectivity index (χ0n) is 11.2. The first-order chi connectivity index (χ1) is 6.95. The van der Waals surface area contributed by atoms with Crippen molar-refractivity contribution >= 4 is 11.8 Å². The van der Waals surface area contributed by atoms with Gasteiger partial charge in [0.15, 0.2) is 0 Å². The van der Waals surface area contributed by atoms with Crippen molar-refractivity contribution in [3.05, 3.63) is 0 Å². The van der Waals surface area contributed by atoms with Gasteiger partial charge in [0.25, 0.3) is 0 Å². The van der Waals surface area contributed by atoms with Crippen LogP contribution in [0.25, 0.3) is 0 Å². The first-order valence-corrected chi connectivity index (χ1v) is 7.31. The molecule has 15 heavy (non-hydrogen) atoms. The lowest BCUT2D eigenvalue weighted by molar-refractivity contribution is 0.501. The molecular weight excluding hydrogens is 202 g/mol. The van der Waals surface area contributed by atoms with Crippen molar-refractivity contribution in [3.63, 3.8) is 0 Å². The van der Waals surface area contributed by atoms with Crippen LogP contribution in [0, 0.1) is 0 Å². The zero-order chi connectivity index (χ0) is 11.7. The molecule has 0 aliphatic rings. The van der Waals surface area contributed by atoms with Gasteiger partial charge in [0.1, 0.15) is 0 Å². The maximum absolute atomic E-state index is 3.59. The summed E-state index contributed by atoms with van der Waals surface area (Å²) in [6, 6.07) is 0.692. The molecule has 0 aliphatic heterocycles. The molecule has 0 bridgehead atoms. The fourth-order valence-corrected chi connectivity index (χ4v) is 2.30. The minimum atomic E-state index is 0.410. The minimum Gasteiger partial charge on any atom is -0.313 e. The van der Waals surface area contributed by atoms with Crippen molar-refractivity contribution in [1.82, 2.24) is 5.32 Å². The first kappa shape index (κ1) is 15.3. The molecular formula is C13H29NS. The van der Waals surface area contributed by atoms with Crippen molar-refractivity contribution in [2.75, 3.05) is 12.3 Å². The highest BCUT2D eigenvalue weighted by Crippen LogP contribution is 2.22. The van der Waals surface area contributed by atoms with Gasteiger partial charge in [-0.15, -0.1) is 0 Å². The van der Waals surface area contributed by atoms with Gasteiger partial charge in [-0.25, -0.2) is 0 Å². The summed E-state index contributed by atoms with van der Waals surface area (Å²) in [7, 11) is 0. The van der Waals surface area contributed by atoms with Gasteiger partial charge >= 0.3 is 0 Å². The average molecular weight is 231 g/mol. The van der Waals surface area contributed by atoms with Crippen molar-refractivity contribution in [2.24, 2.45) is 0 Å². The third-order valence-corrected chi connectivity index (χ3v) is 3.64. The van der Waals surface area contributed by atoms with E-state index in [2.05, 4.69) is 39.9 Å². The average Bonchev–Trinajstić information content (AvgIpc) is 2.11. The Morgan fingerprint density at radius 1 is 1.20 bits per heavy atom. The van der Waals surface area contributed by atoms with Crippen LogP contribution in [0.4, 0.5) is 0 Å². The molecule has 0 heterocycles. The number of rotatable bonds is 8. The van der Waals surface area contributed by atoms with Gasteiger partial charge in [0.05, 0.1) is 0 Å². The third-order valence-electron chi connectivity index (χ3n) is 2.37. The van der Waals surface area contributed by atoms with E-state index in [1.54, 1.807) is 0 Å². The first-order valence-electron chi connectivity index (χ1n) is 6.33. The summed E-state index contributed by atoms with van der Waals surface area (Å²) >= 11 is 2.04.